The first kappa shape index (κ1) is 10.5. The molecule has 0 aliphatic carbocycles. The number of H-pyrrole nitrogens is 1. The Labute approximate surface area is 102 Å². The number of hydrogen-bond acceptors (Lipinski definition) is 4. The van der Waals surface area contributed by atoms with Crippen LogP contribution in [0.5, 0.6) is 5.75 Å². The van der Waals surface area contributed by atoms with Gasteiger partial charge in [0.15, 0.2) is 5.65 Å². The van der Waals surface area contributed by atoms with Gasteiger partial charge in [0.05, 0.1) is 12.7 Å². The molecule has 0 aliphatic heterocycles. The van der Waals surface area contributed by atoms with Gasteiger partial charge in [-0.1, -0.05) is 12.1 Å². The topological polar surface area (TPSA) is 83.8 Å². The highest BCUT2D eigenvalue weighted by Crippen LogP contribution is 2.13. The van der Waals surface area contributed by atoms with Crippen LogP contribution in [0.25, 0.3) is 11.2 Å². The summed E-state index contributed by atoms with van der Waals surface area (Å²) < 4.78 is 1.53. The van der Waals surface area contributed by atoms with E-state index in [1.54, 1.807) is 24.4 Å². The Morgan fingerprint density at radius 3 is 3.11 bits per heavy atom. The molecule has 1 aromatic carbocycles. The van der Waals surface area contributed by atoms with Gasteiger partial charge in [-0.3, -0.25) is 9.55 Å². The molecule has 2 aromatic heterocycles. The zero-order valence-corrected chi connectivity index (χ0v) is 9.37. The molecular weight excluding hydrogens is 232 g/mol. The van der Waals surface area contributed by atoms with Gasteiger partial charge in [0, 0.05) is 0 Å². The van der Waals surface area contributed by atoms with E-state index in [0.717, 1.165) is 5.56 Å². The minimum Gasteiger partial charge on any atom is -0.508 e. The lowest BCUT2D eigenvalue weighted by Gasteiger charge is -2.03. The molecule has 3 rings (SSSR count). The van der Waals surface area contributed by atoms with Crippen molar-refractivity contribution in [3.8, 4) is 5.75 Å². The summed E-state index contributed by atoms with van der Waals surface area (Å²) >= 11 is 0. The number of rotatable bonds is 2. The zero-order chi connectivity index (χ0) is 12.5. The number of aromatic nitrogens is 4. The first-order chi connectivity index (χ1) is 8.74. The van der Waals surface area contributed by atoms with Crippen molar-refractivity contribution in [2.75, 3.05) is 0 Å². The molecule has 3 aromatic rings. The number of aromatic amines is 1. The average Bonchev–Trinajstić information content (AvgIpc) is 2.66. The Kier molecular flexibility index (Phi) is 2.33. The molecule has 0 fully saturated rings. The second kappa shape index (κ2) is 3.99. The van der Waals surface area contributed by atoms with Crippen LogP contribution in [0.3, 0.4) is 0 Å². The number of nitrogens with zero attached hydrogens (tertiary/aromatic N) is 3. The van der Waals surface area contributed by atoms with Gasteiger partial charge in [-0.25, -0.2) is 14.8 Å². The molecule has 0 saturated carbocycles. The second-order valence-electron chi connectivity index (χ2n) is 3.94. The van der Waals surface area contributed by atoms with E-state index in [1.165, 1.54) is 10.9 Å². The molecule has 0 spiro atoms. The molecule has 0 aliphatic rings. The first-order valence-electron chi connectivity index (χ1n) is 5.40. The number of hydrogen-bond donors (Lipinski definition) is 2. The summed E-state index contributed by atoms with van der Waals surface area (Å²) in [6.07, 6.45) is 2.97. The fraction of sp³-hybridized carbons (Fsp3) is 0.0833. The summed E-state index contributed by atoms with van der Waals surface area (Å²) in [4.78, 5) is 22.4. The standard InChI is InChI=1S/C12H10N4O2/c17-9-3-1-2-8(4-9)6-16-10-5-13-7-14-11(10)15-12(16)18/h1-5,7,17H,6H2,(H,13,14,15,18). The van der Waals surface area contributed by atoms with Crippen LogP contribution in [-0.4, -0.2) is 24.6 Å². The van der Waals surface area contributed by atoms with Crippen LogP contribution in [0.2, 0.25) is 0 Å². The number of phenolic OH excluding ortho intramolecular Hbond substituents is 1. The van der Waals surface area contributed by atoms with Gasteiger partial charge < -0.3 is 5.11 Å². The SMILES string of the molecule is O=c1[nH]c2ncncc2n1Cc1cccc(O)c1. The van der Waals surface area contributed by atoms with Crippen molar-refractivity contribution in [1.82, 2.24) is 19.5 Å². The summed E-state index contributed by atoms with van der Waals surface area (Å²) in [5.41, 5.74) is 1.75. The smallest absolute Gasteiger partial charge is 0.328 e. The van der Waals surface area contributed by atoms with Gasteiger partial charge in [0.1, 0.15) is 17.6 Å². The van der Waals surface area contributed by atoms with Crippen molar-refractivity contribution < 1.29 is 5.11 Å². The largest absolute Gasteiger partial charge is 0.508 e. The fourth-order valence-electron chi connectivity index (χ4n) is 1.89. The zero-order valence-electron chi connectivity index (χ0n) is 9.37. The van der Waals surface area contributed by atoms with Crippen LogP contribution in [0.1, 0.15) is 5.56 Å². The van der Waals surface area contributed by atoms with Crippen molar-refractivity contribution in [3.05, 3.63) is 52.8 Å². The van der Waals surface area contributed by atoms with E-state index in [4.69, 9.17) is 0 Å². The van der Waals surface area contributed by atoms with E-state index < -0.39 is 0 Å². The van der Waals surface area contributed by atoms with E-state index >= 15 is 0 Å². The highest BCUT2D eigenvalue weighted by Gasteiger charge is 2.08. The van der Waals surface area contributed by atoms with E-state index in [-0.39, 0.29) is 11.4 Å². The van der Waals surface area contributed by atoms with E-state index in [1.807, 2.05) is 6.07 Å². The molecule has 6 heteroatoms. The fourth-order valence-corrected chi connectivity index (χ4v) is 1.89. The van der Waals surface area contributed by atoms with Crippen LogP contribution in [0.15, 0.2) is 41.6 Å². The number of nitrogens with one attached hydrogen (secondary N) is 1. The van der Waals surface area contributed by atoms with Crippen molar-refractivity contribution in [1.29, 1.82) is 0 Å². The van der Waals surface area contributed by atoms with E-state index in [0.29, 0.717) is 17.7 Å². The van der Waals surface area contributed by atoms with Crippen LogP contribution < -0.4 is 5.69 Å². The molecule has 0 amide bonds. The average molecular weight is 242 g/mol. The Balaban J connectivity index is 2.10. The van der Waals surface area contributed by atoms with Crippen LogP contribution in [0.4, 0.5) is 0 Å². The van der Waals surface area contributed by atoms with Crippen molar-refractivity contribution in [2.24, 2.45) is 0 Å². The second-order valence-corrected chi connectivity index (χ2v) is 3.94. The maximum atomic E-state index is 11.8. The third-order valence-electron chi connectivity index (χ3n) is 2.71. The molecule has 0 atom stereocenters. The molecule has 2 N–H and O–H groups in total. The van der Waals surface area contributed by atoms with E-state index in [2.05, 4.69) is 15.0 Å². The van der Waals surface area contributed by atoms with Crippen molar-refractivity contribution in [2.45, 2.75) is 6.54 Å². The lowest BCUT2D eigenvalue weighted by molar-refractivity contribution is 0.474. The van der Waals surface area contributed by atoms with E-state index in [9.17, 15) is 9.90 Å². The Hall–Kier alpha value is -2.63. The Bertz CT molecular complexity index is 760. The normalized spacial score (nSPS) is 10.9. The minimum absolute atomic E-state index is 0.177. The summed E-state index contributed by atoms with van der Waals surface area (Å²) in [5, 5.41) is 9.40. The number of imidazole rings is 1. The highest BCUT2D eigenvalue weighted by atomic mass is 16.3. The van der Waals surface area contributed by atoms with Gasteiger partial charge in [-0.05, 0) is 17.7 Å². The van der Waals surface area contributed by atoms with Gasteiger partial charge in [0.2, 0.25) is 0 Å². The first-order valence-corrected chi connectivity index (χ1v) is 5.40. The van der Waals surface area contributed by atoms with Crippen molar-refractivity contribution in [3.63, 3.8) is 0 Å². The number of fused-ring (bicyclic) bond motifs is 1. The monoisotopic (exact) mass is 242 g/mol. The Morgan fingerprint density at radius 1 is 1.39 bits per heavy atom. The molecule has 0 saturated heterocycles. The lowest BCUT2D eigenvalue weighted by atomic mass is 10.2. The molecule has 0 unspecified atom stereocenters. The molecule has 2 heterocycles. The molecule has 0 bridgehead atoms. The summed E-state index contributed by atoms with van der Waals surface area (Å²) in [6.45, 7) is 0.362. The van der Waals surface area contributed by atoms with Gasteiger partial charge >= 0.3 is 5.69 Å². The van der Waals surface area contributed by atoms with Crippen molar-refractivity contribution >= 4 is 11.2 Å². The summed E-state index contributed by atoms with van der Waals surface area (Å²) in [5.74, 6) is 0.177. The molecule has 18 heavy (non-hydrogen) atoms. The molecular formula is C12H10N4O2. The third kappa shape index (κ3) is 1.73. The maximum absolute atomic E-state index is 11.8. The summed E-state index contributed by atoms with van der Waals surface area (Å²) in [7, 11) is 0. The van der Waals surface area contributed by atoms with Crippen LogP contribution in [-0.2, 0) is 6.54 Å². The van der Waals surface area contributed by atoms with Crippen LogP contribution in [0, 0.1) is 0 Å². The number of phenols is 1. The predicted molar refractivity (Wildman–Crippen MR) is 65.4 cm³/mol. The third-order valence-corrected chi connectivity index (χ3v) is 2.71. The quantitative estimate of drug-likeness (QED) is 0.698. The lowest BCUT2D eigenvalue weighted by Crippen LogP contribution is -2.17. The van der Waals surface area contributed by atoms with Gasteiger partial charge in [0.25, 0.3) is 0 Å². The maximum Gasteiger partial charge on any atom is 0.328 e. The minimum atomic E-state index is -0.242. The molecule has 6 nitrogen and oxygen atoms in total. The Morgan fingerprint density at radius 2 is 2.28 bits per heavy atom. The molecule has 90 valence electrons. The summed E-state index contributed by atoms with van der Waals surface area (Å²) in [6, 6.07) is 6.79. The van der Waals surface area contributed by atoms with Crippen LogP contribution >= 0.6 is 0 Å². The number of aromatic hydroxyl groups is 1. The predicted octanol–water partition coefficient (Wildman–Crippen LogP) is 0.873. The van der Waals surface area contributed by atoms with Gasteiger partial charge in [-0.15, -0.1) is 0 Å². The van der Waals surface area contributed by atoms with Gasteiger partial charge in [-0.2, -0.15) is 0 Å². The molecule has 0 radical (unpaired) electrons. The number of benzene rings is 1. The highest BCUT2D eigenvalue weighted by molar-refractivity contribution is 5.69.